The normalized spacial score (nSPS) is 11.8. The molecule has 9 nitrogen and oxygen atoms in total. The molecule has 1 heterocycles. The average Bonchev–Trinajstić information content (AvgIpc) is 2.80. The molecule has 34 heavy (non-hydrogen) atoms. The Labute approximate surface area is 198 Å². The molecule has 1 aromatic heterocycles. The van der Waals surface area contributed by atoms with Gasteiger partial charge in [-0.2, -0.15) is 0 Å². The van der Waals surface area contributed by atoms with Crippen LogP contribution in [0.1, 0.15) is 36.7 Å². The molecule has 0 spiro atoms. The number of rotatable bonds is 8. The summed E-state index contributed by atoms with van der Waals surface area (Å²) < 4.78 is 1.22. The van der Waals surface area contributed by atoms with Crippen molar-refractivity contribution < 1.29 is 9.90 Å². The average molecular weight is 466 g/mol. The summed E-state index contributed by atoms with van der Waals surface area (Å²) in [6.45, 7) is 6.07. The Morgan fingerprint density at radius 2 is 1.71 bits per heavy atom. The van der Waals surface area contributed by atoms with E-state index in [1.807, 2.05) is 51.1 Å². The monoisotopic (exact) mass is 465 g/mol. The summed E-state index contributed by atoms with van der Waals surface area (Å²) in [6, 6.07) is 13.8. The van der Waals surface area contributed by atoms with E-state index in [-0.39, 0.29) is 52.8 Å². The first-order valence-electron chi connectivity index (χ1n) is 11.1. The molecule has 0 aliphatic rings. The van der Waals surface area contributed by atoms with Crippen molar-refractivity contribution in [2.45, 2.75) is 33.4 Å². The molecule has 2 aromatic carbocycles. The zero-order chi connectivity index (χ0) is 25.0. The predicted molar refractivity (Wildman–Crippen MR) is 134 cm³/mol. The van der Waals surface area contributed by atoms with Crippen LogP contribution in [0.3, 0.4) is 0 Å². The van der Waals surface area contributed by atoms with Crippen LogP contribution < -0.4 is 21.8 Å². The van der Waals surface area contributed by atoms with Crippen molar-refractivity contribution in [2.75, 3.05) is 24.7 Å². The first-order valence-corrected chi connectivity index (χ1v) is 11.1. The number of aromatic nitrogens is 2. The van der Waals surface area contributed by atoms with E-state index < -0.39 is 11.1 Å². The highest BCUT2D eigenvalue weighted by Gasteiger charge is 2.21. The Hall–Kier alpha value is -4.01. The summed E-state index contributed by atoms with van der Waals surface area (Å²) in [5, 5.41) is 19.5. The second kappa shape index (κ2) is 10.3. The van der Waals surface area contributed by atoms with Crippen LogP contribution in [-0.4, -0.2) is 45.8 Å². The van der Waals surface area contributed by atoms with Crippen molar-refractivity contribution in [1.29, 1.82) is 0 Å². The zero-order valence-electron chi connectivity index (χ0n) is 20.0. The maximum absolute atomic E-state index is 13.5. The smallest absolute Gasteiger partial charge is 0.291 e. The number of hydrogen-bond donors (Lipinski definition) is 4. The zero-order valence-corrected chi connectivity index (χ0v) is 20.0. The number of H-pyrrole nitrogens is 1. The second-order valence-corrected chi connectivity index (χ2v) is 8.77. The lowest BCUT2D eigenvalue weighted by atomic mass is 10.1. The number of para-hydroxylation sites is 1. The minimum Gasteiger partial charge on any atom is -0.505 e. The van der Waals surface area contributed by atoms with E-state index in [1.54, 1.807) is 26.2 Å². The number of carbonyl (C=O) groups is 1. The summed E-state index contributed by atoms with van der Waals surface area (Å²) in [5.74, 6) is -0.507. The Bertz CT molecular complexity index is 1280. The molecule has 1 atom stereocenters. The minimum atomic E-state index is -0.481. The standard InChI is InChI=1S/C25H31N5O4/c1-15(2)16(3)26-20-21(27-19-13-9-12-18(22(19)31)24(33)29(4)5)25(34)30(28-23(20)32)14-17-10-7-6-8-11-17/h6-13,15-16,26-27,31H,14H2,1-5H3,(H,28,32)/t16-/m0/s1. The predicted octanol–water partition coefficient (Wildman–Crippen LogP) is 3.19. The van der Waals surface area contributed by atoms with Crippen molar-refractivity contribution in [3.8, 4) is 5.75 Å². The molecule has 3 aromatic rings. The van der Waals surface area contributed by atoms with Gasteiger partial charge in [0.15, 0.2) is 5.75 Å². The van der Waals surface area contributed by atoms with E-state index in [1.165, 1.54) is 15.6 Å². The van der Waals surface area contributed by atoms with E-state index in [0.717, 1.165) is 5.56 Å². The van der Waals surface area contributed by atoms with Crippen molar-refractivity contribution in [3.63, 3.8) is 0 Å². The van der Waals surface area contributed by atoms with Crippen molar-refractivity contribution in [2.24, 2.45) is 5.92 Å². The molecule has 0 saturated carbocycles. The number of phenols is 1. The number of phenolic OH excluding ortho intramolecular Hbond substituents is 1. The molecule has 0 aliphatic carbocycles. The van der Waals surface area contributed by atoms with Gasteiger partial charge < -0.3 is 20.6 Å². The molecule has 0 unspecified atom stereocenters. The van der Waals surface area contributed by atoms with E-state index in [9.17, 15) is 19.5 Å². The molecule has 9 heteroatoms. The van der Waals surface area contributed by atoms with Gasteiger partial charge in [0.2, 0.25) is 0 Å². The summed E-state index contributed by atoms with van der Waals surface area (Å²) in [6.07, 6.45) is 0. The van der Waals surface area contributed by atoms with Crippen LogP contribution in [0.25, 0.3) is 0 Å². The van der Waals surface area contributed by atoms with Gasteiger partial charge in [0.05, 0.1) is 17.8 Å². The minimum absolute atomic E-state index is 0.0167. The number of benzene rings is 2. The number of carbonyl (C=O) groups excluding carboxylic acids is 1. The lowest BCUT2D eigenvalue weighted by Gasteiger charge is -2.22. The molecule has 0 radical (unpaired) electrons. The Morgan fingerprint density at radius 3 is 2.32 bits per heavy atom. The van der Waals surface area contributed by atoms with Crippen LogP contribution in [0.15, 0.2) is 58.1 Å². The molecule has 1 amide bonds. The lowest BCUT2D eigenvalue weighted by molar-refractivity contribution is 0.0824. The summed E-state index contributed by atoms with van der Waals surface area (Å²) in [4.78, 5) is 40.3. The van der Waals surface area contributed by atoms with Gasteiger partial charge in [-0.1, -0.05) is 50.2 Å². The first-order chi connectivity index (χ1) is 16.1. The van der Waals surface area contributed by atoms with Crippen LogP contribution in [-0.2, 0) is 6.54 Å². The second-order valence-electron chi connectivity index (χ2n) is 8.77. The molecule has 3 rings (SSSR count). The van der Waals surface area contributed by atoms with E-state index in [0.29, 0.717) is 0 Å². The first kappa shape index (κ1) is 24.6. The highest BCUT2D eigenvalue weighted by Crippen LogP contribution is 2.31. The molecule has 0 bridgehead atoms. The maximum atomic E-state index is 13.5. The molecule has 4 N–H and O–H groups in total. The van der Waals surface area contributed by atoms with Gasteiger partial charge in [0, 0.05) is 20.1 Å². The SMILES string of the molecule is CC(C)[C@H](C)Nc1c(Nc2cccc(C(=O)N(C)C)c2O)c(=O)n(Cc2ccccc2)[nH]c1=O. The number of amides is 1. The van der Waals surface area contributed by atoms with Gasteiger partial charge in [-0.15, -0.1) is 0 Å². The molecule has 0 aliphatic heterocycles. The fourth-order valence-electron chi connectivity index (χ4n) is 3.30. The highest BCUT2D eigenvalue weighted by atomic mass is 16.3. The molecular weight excluding hydrogens is 434 g/mol. The topological polar surface area (TPSA) is 119 Å². The quantitative estimate of drug-likeness (QED) is 0.379. The molecular formula is C25H31N5O4. The Morgan fingerprint density at radius 1 is 1.03 bits per heavy atom. The van der Waals surface area contributed by atoms with E-state index >= 15 is 0 Å². The highest BCUT2D eigenvalue weighted by molar-refractivity contribution is 5.98. The van der Waals surface area contributed by atoms with E-state index in [2.05, 4.69) is 15.7 Å². The number of anilines is 3. The summed E-state index contributed by atoms with van der Waals surface area (Å²) in [5.41, 5.74) is 0.146. The van der Waals surface area contributed by atoms with Crippen molar-refractivity contribution >= 4 is 23.0 Å². The van der Waals surface area contributed by atoms with Crippen LogP contribution >= 0.6 is 0 Å². The van der Waals surface area contributed by atoms with Crippen LogP contribution in [0.5, 0.6) is 5.75 Å². The van der Waals surface area contributed by atoms with Crippen LogP contribution in [0, 0.1) is 5.92 Å². The Balaban J connectivity index is 2.13. The fourth-order valence-corrected chi connectivity index (χ4v) is 3.30. The van der Waals surface area contributed by atoms with Gasteiger partial charge in [-0.25, -0.2) is 4.68 Å². The van der Waals surface area contributed by atoms with Gasteiger partial charge in [-0.05, 0) is 30.5 Å². The molecule has 0 saturated heterocycles. The third-order valence-corrected chi connectivity index (χ3v) is 5.66. The number of aromatic amines is 1. The third-order valence-electron chi connectivity index (χ3n) is 5.66. The third kappa shape index (κ3) is 5.31. The van der Waals surface area contributed by atoms with Crippen LogP contribution in [0.2, 0.25) is 0 Å². The van der Waals surface area contributed by atoms with E-state index in [4.69, 9.17) is 0 Å². The molecule has 0 fully saturated rings. The maximum Gasteiger partial charge on any atom is 0.291 e. The van der Waals surface area contributed by atoms with Crippen molar-refractivity contribution in [1.82, 2.24) is 14.7 Å². The lowest BCUT2D eigenvalue weighted by Crippen LogP contribution is -2.36. The van der Waals surface area contributed by atoms with Gasteiger partial charge in [0.25, 0.3) is 17.0 Å². The Kier molecular flexibility index (Phi) is 7.45. The van der Waals surface area contributed by atoms with Crippen molar-refractivity contribution in [3.05, 3.63) is 80.4 Å². The van der Waals surface area contributed by atoms with Gasteiger partial charge >= 0.3 is 0 Å². The van der Waals surface area contributed by atoms with Crippen LogP contribution in [0.4, 0.5) is 17.1 Å². The summed E-state index contributed by atoms with van der Waals surface area (Å²) >= 11 is 0. The number of aromatic hydroxyl groups is 1. The fraction of sp³-hybridized carbons (Fsp3) is 0.320. The number of nitrogens with one attached hydrogen (secondary N) is 3. The molecule has 180 valence electrons. The number of hydrogen-bond acceptors (Lipinski definition) is 6. The largest absolute Gasteiger partial charge is 0.505 e. The number of nitrogens with zero attached hydrogens (tertiary/aromatic N) is 2. The van der Waals surface area contributed by atoms with Gasteiger partial charge in [-0.3, -0.25) is 19.5 Å². The summed E-state index contributed by atoms with van der Waals surface area (Å²) in [7, 11) is 3.16. The van der Waals surface area contributed by atoms with Gasteiger partial charge in [0.1, 0.15) is 11.4 Å².